The summed E-state index contributed by atoms with van der Waals surface area (Å²) in [4.78, 5) is 3.97. The molecule has 7 heteroatoms. The van der Waals surface area contributed by atoms with Crippen molar-refractivity contribution in [2.75, 3.05) is 0 Å². The Kier molecular flexibility index (Phi) is 3.67. The predicted molar refractivity (Wildman–Crippen MR) is 74.7 cm³/mol. The molecule has 1 fully saturated rings. The van der Waals surface area contributed by atoms with Gasteiger partial charge < -0.3 is 10.3 Å². The van der Waals surface area contributed by atoms with Gasteiger partial charge in [-0.05, 0) is 30.5 Å². The summed E-state index contributed by atoms with van der Waals surface area (Å²) < 4.78 is 2.15. The van der Waals surface area contributed by atoms with Crippen molar-refractivity contribution in [3.05, 3.63) is 35.4 Å². The number of hydrogen-bond donors (Lipinski definition) is 1. The van der Waals surface area contributed by atoms with Gasteiger partial charge in [-0.1, -0.05) is 11.8 Å². The van der Waals surface area contributed by atoms with Gasteiger partial charge in [0.2, 0.25) is 0 Å². The van der Waals surface area contributed by atoms with Gasteiger partial charge in [0.15, 0.2) is 5.16 Å². The zero-order valence-corrected chi connectivity index (χ0v) is 11.7. The second kappa shape index (κ2) is 5.61. The molecule has 0 radical (unpaired) electrons. The molecule has 0 aromatic carbocycles. The van der Waals surface area contributed by atoms with E-state index in [1.807, 2.05) is 12.1 Å². The Bertz CT molecular complexity index is 655. The number of hydrogen-bond acceptors (Lipinski definition) is 6. The van der Waals surface area contributed by atoms with E-state index < -0.39 is 0 Å². The molecule has 0 bridgehead atoms. The summed E-state index contributed by atoms with van der Waals surface area (Å²) in [5, 5.41) is 18.1. The van der Waals surface area contributed by atoms with Crippen LogP contribution in [0.15, 0.2) is 23.5 Å². The highest BCUT2D eigenvalue weighted by Gasteiger charge is 2.29. The Hall–Kier alpha value is -1.91. The second-order valence-corrected chi connectivity index (χ2v) is 5.60. The van der Waals surface area contributed by atoms with Crippen LogP contribution < -0.4 is 5.73 Å². The first-order valence-corrected chi connectivity index (χ1v) is 7.42. The molecule has 1 aliphatic rings. The van der Waals surface area contributed by atoms with Crippen molar-refractivity contribution < 1.29 is 0 Å². The van der Waals surface area contributed by atoms with Crippen molar-refractivity contribution in [3.8, 4) is 6.07 Å². The van der Waals surface area contributed by atoms with E-state index in [9.17, 15) is 0 Å². The highest BCUT2D eigenvalue weighted by molar-refractivity contribution is 7.98. The lowest BCUT2D eigenvalue weighted by Crippen LogP contribution is -2.08. The highest BCUT2D eigenvalue weighted by atomic mass is 32.2. The first-order chi connectivity index (χ1) is 9.81. The number of rotatable bonds is 5. The molecule has 1 saturated carbocycles. The molecular formula is C13H14N6S. The summed E-state index contributed by atoms with van der Waals surface area (Å²) in [7, 11) is 0. The van der Waals surface area contributed by atoms with Gasteiger partial charge in [0.05, 0.1) is 6.54 Å². The molecule has 2 heterocycles. The second-order valence-electron chi connectivity index (χ2n) is 4.65. The molecule has 0 unspecified atom stereocenters. The van der Waals surface area contributed by atoms with Crippen molar-refractivity contribution in [2.24, 2.45) is 5.73 Å². The molecule has 2 N–H and O–H groups in total. The molecule has 0 saturated heterocycles. The fourth-order valence-corrected chi connectivity index (χ4v) is 2.99. The van der Waals surface area contributed by atoms with Crippen LogP contribution >= 0.6 is 11.8 Å². The van der Waals surface area contributed by atoms with Gasteiger partial charge in [0.1, 0.15) is 17.6 Å². The van der Waals surface area contributed by atoms with Crippen LogP contribution in [0.5, 0.6) is 0 Å². The number of nitrogens with two attached hydrogens (primary N) is 1. The molecule has 102 valence electrons. The van der Waals surface area contributed by atoms with Gasteiger partial charge in [-0.3, -0.25) is 0 Å². The van der Waals surface area contributed by atoms with Crippen molar-refractivity contribution in [2.45, 2.75) is 36.3 Å². The Labute approximate surface area is 121 Å². The van der Waals surface area contributed by atoms with E-state index in [4.69, 9.17) is 11.0 Å². The molecule has 0 amide bonds. The van der Waals surface area contributed by atoms with Crippen LogP contribution in [0.4, 0.5) is 0 Å². The van der Waals surface area contributed by atoms with E-state index in [1.165, 1.54) is 12.8 Å². The fourth-order valence-electron chi connectivity index (χ4n) is 2.02. The minimum Gasteiger partial charge on any atom is -0.324 e. The Morgan fingerprint density at radius 2 is 2.30 bits per heavy atom. The summed E-state index contributed by atoms with van der Waals surface area (Å²) >= 11 is 1.62. The van der Waals surface area contributed by atoms with Crippen LogP contribution in [-0.4, -0.2) is 19.7 Å². The van der Waals surface area contributed by atoms with Crippen molar-refractivity contribution in [3.63, 3.8) is 0 Å². The maximum absolute atomic E-state index is 8.85. The van der Waals surface area contributed by atoms with E-state index in [1.54, 1.807) is 24.0 Å². The number of aromatic nitrogens is 4. The van der Waals surface area contributed by atoms with E-state index in [2.05, 4.69) is 19.7 Å². The van der Waals surface area contributed by atoms with Crippen LogP contribution in [0.25, 0.3) is 0 Å². The molecule has 2 aromatic heterocycles. The van der Waals surface area contributed by atoms with Crippen LogP contribution in [-0.2, 0) is 12.3 Å². The Balaban J connectivity index is 1.75. The number of pyridine rings is 1. The molecule has 0 spiro atoms. The van der Waals surface area contributed by atoms with E-state index in [0.717, 1.165) is 22.3 Å². The normalized spacial score (nSPS) is 14.2. The molecule has 3 rings (SSSR count). The topological polar surface area (TPSA) is 93.4 Å². The van der Waals surface area contributed by atoms with Crippen molar-refractivity contribution in [1.82, 2.24) is 19.7 Å². The molecule has 2 aromatic rings. The third kappa shape index (κ3) is 2.66. The first-order valence-electron chi connectivity index (χ1n) is 6.43. The molecular weight excluding hydrogens is 272 g/mol. The maximum Gasteiger partial charge on any atom is 0.191 e. The third-order valence-electron chi connectivity index (χ3n) is 3.14. The van der Waals surface area contributed by atoms with Gasteiger partial charge in [-0.15, -0.1) is 10.2 Å². The minimum atomic E-state index is 0.415. The van der Waals surface area contributed by atoms with Crippen LogP contribution in [0.2, 0.25) is 0 Å². The molecule has 6 nitrogen and oxygen atoms in total. The summed E-state index contributed by atoms with van der Waals surface area (Å²) in [5.74, 6) is 1.59. The van der Waals surface area contributed by atoms with Crippen LogP contribution in [0, 0.1) is 11.3 Å². The van der Waals surface area contributed by atoms with E-state index in [-0.39, 0.29) is 0 Å². The molecule has 1 aliphatic carbocycles. The SMILES string of the molecule is N#Cc1cc(CSc2nnc(CN)n2C2CC2)ccn1. The lowest BCUT2D eigenvalue weighted by atomic mass is 10.2. The van der Waals surface area contributed by atoms with Gasteiger partial charge in [-0.2, -0.15) is 5.26 Å². The van der Waals surface area contributed by atoms with Gasteiger partial charge in [0.25, 0.3) is 0 Å². The number of nitrogens with zero attached hydrogens (tertiary/aromatic N) is 5. The average molecular weight is 286 g/mol. The lowest BCUT2D eigenvalue weighted by Gasteiger charge is -2.07. The zero-order valence-electron chi connectivity index (χ0n) is 10.9. The first kappa shape index (κ1) is 13.1. The van der Waals surface area contributed by atoms with Crippen LogP contribution in [0.1, 0.15) is 36.0 Å². The summed E-state index contributed by atoms with van der Waals surface area (Å²) in [6.07, 6.45) is 4.00. The van der Waals surface area contributed by atoms with E-state index in [0.29, 0.717) is 18.3 Å². The van der Waals surface area contributed by atoms with Gasteiger partial charge in [-0.25, -0.2) is 4.98 Å². The number of thioether (sulfide) groups is 1. The maximum atomic E-state index is 8.85. The smallest absolute Gasteiger partial charge is 0.191 e. The summed E-state index contributed by atoms with van der Waals surface area (Å²) in [6.45, 7) is 0.415. The minimum absolute atomic E-state index is 0.415. The number of nitriles is 1. The van der Waals surface area contributed by atoms with Crippen molar-refractivity contribution in [1.29, 1.82) is 5.26 Å². The monoisotopic (exact) mass is 286 g/mol. The standard InChI is InChI=1S/C13H14N6S/c14-6-10-5-9(3-4-16-10)8-20-13-18-17-12(7-15)19(13)11-1-2-11/h3-5,11H,1-2,7-8,15H2. The zero-order chi connectivity index (χ0) is 13.9. The average Bonchev–Trinajstić information content (AvgIpc) is 3.25. The van der Waals surface area contributed by atoms with Crippen LogP contribution in [0.3, 0.4) is 0 Å². The fraction of sp³-hybridized carbons (Fsp3) is 0.385. The van der Waals surface area contributed by atoms with E-state index >= 15 is 0 Å². The highest BCUT2D eigenvalue weighted by Crippen LogP contribution is 2.39. The Morgan fingerprint density at radius 3 is 3.00 bits per heavy atom. The Morgan fingerprint density at radius 1 is 1.45 bits per heavy atom. The van der Waals surface area contributed by atoms with Gasteiger partial charge in [0, 0.05) is 18.0 Å². The summed E-state index contributed by atoms with van der Waals surface area (Å²) in [5.41, 5.74) is 7.19. The molecule has 0 atom stereocenters. The molecule has 0 aliphatic heterocycles. The van der Waals surface area contributed by atoms with Crippen molar-refractivity contribution >= 4 is 11.8 Å². The lowest BCUT2D eigenvalue weighted by molar-refractivity contribution is 0.626. The third-order valence-corrected chi connectivity index (χ3v) is 4.15. The quantitative estimate of drug-likeness (QED) is 0.840. The molecule has 20 heavy (non-hydrogen) atoms. The van der Waals surface area contributed by atoms with Gasteiger partial charge >= 0.3 is 0 Å². The largest absolute Gasteiger partial charge is 0.324 e. The summed E-state index contributed by atoms with van der Waals surface area (Å²) in [6, 6.07) is 6.27. The predicted octanol–water partition coefficient (Wildman–Crippen LogP) is 1.63.